The van der Waals surface area contributed by atoms with Crippen molar-refractivity contribution in [2.24, 2.45) is 0 Å². The number of nitrogens with two attached hydrogens (primary N) is 2. The smallest absolute Gasteiger partial charge is 0.169 e. The minimum Gasteiger partial charge on any atom is -0.395 e. The molecule has 0 fully saturated rings. The molecule has 13 heavy (non-hydrogen) atoms. The van der Waals surface area contributed by atoms with Gasteiger partial charge >= 0.3 is 0 Å². The van der Waals surface area contributed by atoms with Gasteiger partial charge in [-0.25, -0.2) is 4.39 Å². The van der Waals surface area contributed by atoms with Gasteiger partial charge in [0.05, 0.1) is 11.2 Å². The molecule has 2 rings (SSSR count). The maximum Gasteiger partial charge on any atom is 0.169 e. The molecule has 0 spiro atoms. The molecule has 0 saturated carbocycles. The Morgan fingerprint density at radius 2 is 1.92 bits per heavy atom. The van der Waals surface area contributed by atoms with E-state index < -0.39 is 0 Å². The number of rotatable bonds is 0. The van der Waals surface area contributed by atoms with Crippen LogP contribution in [0.15, 0.2) is 18.2 Å². The molecule has 1 aromatic heterocycles. The van der Waals surface area contributed by atoms with E-state index in [1.165, 1.54) is 18.2 Å². The van der Waals surface area contributed by atoms with E-state index in [1.54, 1.807) is 0 Å². The summed E-state index contributed by atoms with van der Waals surface area (Å²) in [6, 6.07) is 4.09. The van der Waals surface area contributed by atoms with Gasteiger partial charge in [0.1, 0.15) is 5.82 Å². The van der Waals surface area contributed by atoms with E-state index >= 15 is 0 Å². The lowest BCUT2D eigenvalue weighted by Gasteiger charge is -2.02. The predicted molar refractivity (Wildman–Crippen MR) is 48.3 cm³/mol. The van der Waals surface area contributed by atoms with E-state index in [9.17, 15) is 4.39 Å². The van der Waals surface area contributed by atoms with E-state index in [0.717, 1.165) is 0 Å². The summed E-state index contributed by atoms with van der Waals surface area (Å²) in [7, 11) is 0. The highest BCUT2D eigenvalue weighted by Crippen LogP contribution is 2.22. The predicted octanol–water partition coefficient (Wildman–Crippen LogP) is 0.933. The van der Waals surface area contributed by atoms with Gasteiger partial charge in [-0.3, -0.25) is 0 Å². The zero-order chi connectivity index (χ0) is 9.42. The number of fused-ring (bicyclic) bond motifs is 1. The van der Waals surface area contributed by atoms with Gasteiger partial charge in [0.25, 0.3) is 0 Å². The Kier molecular flexibility index (Phi) is 1.51. The van der Waals surface area contributed by atoms with Crippen molar-refractivity contribution in [1.29, 1.82) is 0 Å². The summed E-state index contributed by atoms with van der Waals surface area (Å²) in [4.78, 5) is 0. The lowest BCUT2D eigenvalue weighted by Crippen LogP contribution is -2.00. The second kappa shape index (κ2) is 2.55. The van der Waals surface area contributed by atoms with E-state index in [-0.39, 0.29) is 17.3 Å². The minimum absolute atomic E-state index is 0.123. The van der Waals surface area contributed by atoms with Crippen LogP contribution in [0.3, 0.4) is 0 Å². The fourth-order valence-electron chi connectivity index (χ4n) is 1.11. The van der Waals surface area contributed by atoms with Crippen LogP contribution in [0, 0.1) is 5.82 Å². The van der Waals surface area contributed by atoms with Crippen molar-refractivity contribution in [2.75, 3.05) is 11.5 Å². The fraction of sp³-hybridized carbons (Fsp3) is 0. The Morgan fingerprint density at radius 3 is 2.69 bits per heavy atom. The van der Waals surface area contributed by atoms with Gasteiger partial charge in [-0.1, -0.05) is 0 Å². The quantitative estimate of drug-likeness (QED) is 0.629. The van der Waals surface area contributed by atoms with E-state index in [4.69, 9.17) is 11.5 Å². The summed E-state index contributed by atoms with van der Waals surface area (Å²) < 4.78 is 12.8. The van der Waals surface area contributed by atoms with Crippen LogP contribution < -0.4 is 11.5 Å². The maximum atomic E-state index is 12.8. The van der Waals surface area contributed by atoms with Crippen LogP contribution in [-0.4, -0.2) is 10.2 Å². The van der Waals surface area contributed by atoms with Gasteiger partial charge in [0.15, 0.2) is 5.82 Å². The second-order valence-electron chi connectivity index (χ2n) is 2.66. The molecule has 0 radical (unpaired) electrons. The number of hydrogen-bond acceptors (Lipinski definition) is 4. The maximum absolute atomic E-state index is 12.8. The van der Waals surface area contributed by atoms with E-state index in [1.807, 2.05) is 0 Å². The Morgan fingerprint density at radius 1 is 1.15 bits per heavy atom. The fourth-order valence-corrected chi connectivity index (χ4v) is 1.11. The van der Waals surface area contributed by atoms with Gasteiger partial charge in [-0.05, 0) is 18.2 Å². The van der Waals surface area contributed by atoms with Gasteiger partial charge < -0.3 is 11.5 Å². The van der Waals surface area contributed by atoms with Gasteiger partial charge in [-0.2, -0.15) is 0 Å². The molecule has 0 bridgehead atoms. The van der Waals surface area contributed by atoms with Crippen molar-refractivity contribution in [3.05, 3.63) is 24.0 Å². The first-order valence-corrected chi connectivity index (χ1v) is 3.65. The Labute approximate surface area is 73.4 Å². The molecule has 0 saturated heterocycles. The normalized spacial score (nSPS) is 10.5. The SMILES string of the molecule is Nc1nnc2ccc(F)cc2c1N. The minimum atomic E-state index is -0.369. The van der Waals surface area contributed by atoms with Gasteiger partial charge in [-0.15, -0.1) is 10.2 Å². The molecule has 4 N–H and O–H groups in total. The highest BCUT2D eigenvalue weighted by atomic mass is 19.1. The topological polar surface area (TPSA) is 77.8 Å². The van der Waals surface area contributed by atoms with E-state index in [0.29, 0.717) is 10.9 Å². The van der Waals surface area contributed by atoms with Crippen molar-refractivity contribution in [1.82, 2.24) is 10.2 Å². The first-order chi connectivity index (χ1) is 6.18. The van der Waals surface area contributed by atoms with Crippen molar-refractivity contribution >= 4 is 22.4 Å². The Hall–Kier alpha value is -1.91. The molecule has 2 aromatic rings. The van der Waals surface area contributed by atoms with Crippen LogP contribution in [0.4, 0.5) is 15.9 Å². The van der Waals surface area contributed by atoms with Crippen LogP contribution in [0.2, 0.25) is 0 Å². The van der Waals surface area contributed by atoms with Crippen molar-refractivity contribution < 1.29 is 4.39 Å². The molecule has 1 heterocycles. The molecule has 0 aliphatic carbocycles. The highest BCUT2D eigenvalue weighted by Gasteiger charge is 2.04. The Bertz CT molecular complexity index is 464. The standard InChI is InChI=1S/C8H7FN4/c9-4-1-2-6-5(3-4)7(10)8(11)13-12-6/h1-3H,(H2,10,12)(H2,11,13). The van der Waals surface area contributed by atoms with Crippen LogP contribution >= 0.6 is 0 Å². The van der Waals surface area contributed by atoms with Crippen LogP contribution in [-0.2, 0) is 0 Å². The second-order valence-corrected chi connectivity index (χ2v) is 2.66. The molecular formula is C8H7FN4. The number of hydrogen-bond donors (Lipinski definition) is 2. The summed E-state index contributed by atoms with van der Waals surface area (Å²) in [5.41, 5.74) is 11.8. The lowest BCUT2D eigenvalue weighted by atomic mass is 10.2. The molecule has 4 nitrogen and oxygen atoms in total. The third-order valence-corrected chi connectivity index (χ3v) is 1.79. The lowest BCUT2D eigenvalue weighted by molar-refractivity contribution is 0.629. The first-order valence-electron chi connectivity index (χ1n) is 3.65. The molecule has 0 atom stereocenters. The monoisotopic (exact) mass is 178 g/mol. The molecule has 66 valence electrons. The summed E-state index contributed by atoms with van der Waals surface area (Å²) in [5.74, 6) is -0.246. The van der Waals surface area contributed by atoms with Crippen molar-refractivity contribution in [3.8, 4) is 0 Å². The molecule has 5 heteroatoms. The van der Waals surface area contributed by atoms with Crippen LogP contribution in [0.1, 0.15) is 0 Å². The largest absolute Gasteiger partial charge is 0.395 e. The summed E-state index contributed by atoms with van der Waals surface area (Å²) >= 11 is 0. The molecule has 0 aliphatic heterocycles. The third kappa shape index (κ3) is 1.14. The summed E-state index contributed by atoms with van der Waals surface area (Å²) in [6.07, 6.45) is 0. The van der Waals surface area contributed by atoms with Crippen molar-refractivity contribution in [3.63, 3.8) is 0 Å². The number of anilines is 2. The number of benzene rings is 1. The van der Waals surface area contributed by atoms with E-state index in [2.05, 4.69) is 10.2 Å². The van der Waals surface area contributed by atoms with Gasteiger partial charge in [0, 0.05) is 5.39 Å². The molecule has 0 aliphatic rings. The zero-order valence-corrected chi connectivity index (χ0v) is 6.66. The number of nitrogen functional groups attached to an aromatic ring is 2. The molecular weight excluding hydrogens is 171 g/mol. The summed E-state index contributed by atoms with van der Waals surface area (Å²) in [6.45, 7) is 0. The van der Waals surface area contributed by atoms with Crippen molar-refractivity contribution in [2.45, 2.75) is 0 Å². The van der Waals surface area contributed by atoms with Crippen LogP contribution in [0.25, 0.3) is 10.9 Å². The first kappa shape index (κ1) is 7.72. The molecule has 1 aromatic carbocycles. The number of nitrogens with zero attached hydrogens (tertiary/aromatic N) is 2. The van der Waals surface area contributed by atoms with Crippen LogP contribution in [0.5, 0.6) is 0 Å². The Balaban J connectivity index is 2.89. The average molecular weight is 178 g/mol. The average Bonchev–Trinajstić information content (AvgIpc) is 2.12. The highest BCUT2D eigenvalue weighted by molar-refractivity contribution is 5.93. The molecule has 0 unspecified atom stereocenters. The third-order valence-electron chi connectivity index (χ3n) is 1.79. The summed E-state index contributed by atoms with van der Waals surface area (Å²) in [5, 5.41) is 7.87. The van der Waals surface area contributed by atoms with Gasteiger partial charge in [0.2, 0.25) is 0 Å². The number of aromatic nitrogens is 2. The zero-order valence-electron chi connectivity index (χ0n) is 6.66. The molecule has 0 amide bonds. The number of halogens is 1.